The van der Waals surface area contributed by atoms with E-state index < -0.39 is 215 Å². The summed E-state index contributed by atoms with van der Waals surface area (Å²) in [7, 11) is 0. The van der Waals surface area contributed by atoms with E-state index in [1.807, 2.05) is 6.92 Å². The van der Waals surface area contributed by atoms with Crippen LogP contribution >= 0.6 is 0 Å². The van der Waals surface area contributed by atoms with Crippen LogP contribution in [0.25, 0.3) is 0 Å². The molecule has 498 valence electrons. The maximum atomic E-state index is 12.7. The van der Waals surface area contributed by atoms with Gasteiger partial charge >= 0.3 is 5.97 Å². The summed E-state index contributed by atoms with van der Waals surface area (Å²) >= 11 is 0. The minimum absolute atomic E-state index is 0.155. The minimum Gasteiger partial charge on any atom is -0.433 e. The Morgan fingerprint density at radius 3 is 1.78 bits per heavy atom. The van der Waals surface area contributed by atoms with E-state index in [0.717, 1.165) is 25.7 Å². The molecule has 0 amide bonds. The van der Waals surface area contributed by atoms with Crippen LogP contribution in [0.3, 0.4) is 0 Å². The van der Waals surface area contributed by atoms with Crippen molar-refractivity contribution in [2.75, 3.05) is 39.6 Å². The monoisotopic (exact) mass is 1250 g/mol. The Labute approximate surface area is 502 Å². The second kappa shape index (κ2) is 25.1. The van der Waals surface area contributed by atoms with Gasteiger partial charge in [0.2, 0.25) is 5.79 Å². The summed E-state index contributed by atoms with van der Waals surface area (Å²) in [6.45, 7) is 5.79. The van der Waals surface area contributed by atoms with Gasteiger partial charge in [-0.1, -0.05) is 38.8 Å². The van der Waals surface area contributed by atoms with E-state index in [1.165, 1.54) is 18.1 Å². The summed E-state index contributed by atoms with van der Waals surface area (Å²) < 4.78 is 73.3. The Balaban J connectivity index is 0.803. The Kier molecular flexibility index (Phi) is 19.2. The van der Waals surface area contributed by atoms with Crippen LogP contribution < -0.4 is 0 Å². The summed E-state index contributed by atoms with van der Waals surface area (Å²) in [5.41, 5.74) is 0.228. The van der Waals surface area contributed by atoms with Gasteiger partial charge < -0.3 is 139 Å². The zero-order valence-corrected chi connectivity index (χ0v) is 49.5. The van der Waals surface area contributed by atoms with Crippen molar-refractivity contribution < 1.29 is 143 Å². The molecule has 9 fully saturated rings. The predicted octanol–water partition coefficient (Wildman–Crippen LogP) is -5.10. The van der Waals surface area contributed by atoms with Gasteiger partial charge in [-0.3, -0.25) is 4.79 Å². The Hall–Kier alpha value is -1.87. The summed E-state index contributed by atoms with van der Waals surface area (Å²) in [6, 6.07) is 0. The van der Waals surface area contributed by atoms with Crippen LogP contribution in [-0.4, -0.2) is 292 Å². The highest BCUT2D eigenvalue weighted by atomic mass is 16.8. The molecule has 0 aromatic carbocycles. The van der Waals surface area contributed by atoms with Crippen molar-refractivity contribution >= 4 is 5.97 Å². The highest BCUT2D eigenvalue weighted by molar-refractivity contribution is 5.74. The molecule has 7 heterocycles. The zero-order valence-electron chi connectivity index (χ0n) is 49.5. The third-order valence-corrected chi connectivity index (χ3v) is 22.5. The summed E-state index contributed by atoms with van der Waals surface area (Å²) in [5, 5.41) is 176. The van der Waals surface area contributed by atoms with E-state index in [0.29, 0.717) is 32.1 Å². The van der Waals surface area contributed by atoms with Gasteiger partial charge in [0.15, 0.2) is 31.5 Å². The molecule has 4 aliphatic carbocycles. The molecule has 16 N–H and O–H groups in total. The van der Waals surface area contributed by atoms with Crippen molar-refractivity contribution in [2.24, 2.45) is 39.9 Å². The average molecular weight is 1250 g/mol. The van der Waals surface area contributed by atoms with Crippen LogP contribution in [0.15, 0.2) is 11.1 Å². The van der Waals surface area contributed by atoms with Crippen molar-refractivity contribution in [1.29, 1.82) is 0 Å². The molecular weight excluding hydrogens is 1160 g/mol. The zero-order chi connectivity index (χ0) is 62.8. The fraction of sp³-hybridized carbons (Fsp3) is 0.948. The van der Waals surface area contributed by atoms with Crippen molar-refractivity contribution in [3.05, 3.63) is 11.1 Å². The first-order chi connectivity index (χ1) is 41.2. The van der Waals surface area contributed by atoms with E-state index >= 15 is 0 Å². The lowest BCUT2D eigenvalue weighted by molar-refractivity contribution is -0.406. The second-order valence-corrected chi connectivity index (χ2v) is 27.3. The topological polar surface area (TPSA) is 452 Å². The minimum atomic E-state index is -2.07. The van der Waals surface area contributed by atoms with Crippen molar-refractivity contribution in [3.63, 3.8) is 0 Å². The number of rotatable bonds is 15. The van der Waals surface area contributed by atoms with Crippen LogP contribution in [0.5, 0.6) is 0 Å². The molecule has 0 aromatic heterocycles. The molecule has 29 heteroatoms. The highest BCUT2D eigenvalue weighted by Gasteiger charge is 2.72. The SMILES string of the molecule is C[C@@H]1C[C@]2(C[C@@H](C)[C@]3(CC[C@H]4C5=C(CC[C@@]43C)[C@@]3(C)CC[C@H](O[C@@H]4O[C@H](CO[C@@H]6OC[C@H](O)[C@H](O)[C@H]6O[C@@H]6O[C@H](CO)[C@@H](O)[C@H](O[C@@H]7O[C@H](CO)[C@H](O)[C@H](O)[C@H]7O)[C@H]6O[C@@H]6O[C@@H](C)[C@H](O)[C@@H](O)[C@H]6O)[C@@H](O)[C@H](O)[C@H]4O)C(CO)(CO)[C@@H]3CC5)O2)OC1=O. The molecule has 0 bridgehead atoms. The Morgan fingerprint density at radius 2 is 1.14 bits per heavy atom. The number of aliphatic hydroxyl groups excluding tert-OH is 16. The largest absolute Gasteiger partial charge is 0.433 e. The fourth-order valence-electron chi connectivity index (χ4n) is 17.6. The first-order valence-electron chi connectivity index (χ1n) is 30.9. The number of aliphatic hydroxyl groups is 16. The molecular formula is C58H92O29. The molecule has 29 nitrogen and oxygen atoms in total. The second-order valence-electron chi connectivity index (χ2n) is 27.3. The van der Waals surface area contributed by atoms with Crippen LogP contribution in [0.2, 0.25) is 0 Å². The van der Waals surface area contributed by atoms with Crippen LogP contribution in [-0.2, 0) is 61.6 Å². The van der Waals surface area contributed by atoms with E-state index in [9.17, 15) is 86.5 Å². The van der Waals surface area contributed by atoms with Gasteiger partial charge in [0, 0.05) is 23.7 Å². The van der Waals surface area contributed by atoms with E-state index in [4.69, 9.17) is 56.8 Å². The average Bonchev–Trinajstić information content (AvgIpc) is 1.60. The van der Waals surface area contributed by atoms with Gasteiger partial charge in [0.05, 0.1) is 63.4 Å². The first kappa shape index (κ1) is 66.6. The lowest BCUT2D eigenvalue weighted by Gasteiger charge is -2.62. The first-order valence-corrected chi connectivity index (χ1v) is 30.9. The molecule has 0 radical (unpaired) electrons. The summed E-state index contributed by atoms with van der Waals surface area (Å²) in [5.74, 6) is -1.34. The molecule has 87 heavy (non-hydrogen) atoms. The third kappa shape index (κ3) is 11.0. The Morgan fingerprint density at radius 1 is 0.552 bits per heavy atom. The summed E-state index contributed by atoms with van der Waals surface area (Å²) in [4.78, 5) is 12.7. The molecule has 2 saturated carbocycles. The number of hydrogen-bond donors (Lipinski definition) is 16. The van der Waals surface area contributed by atoms with Gasteiger partial charge in [-0.05, 0) is 81.5 Å². The van der Waals surface area contributed by atoms with Gasteiger partial charge in [-0.25, -0.2) is 0 Å². The van der Waals surface area contributed by atoms with Gasteiger partial charge in [-0.2, -0.15) is 0 Å². The lowest BCUT2D eigenvalue weighted by Crippen LogP contribution is -2.68. The molecule has 0 aromatic rings. The number of ether oxygens (including phenoxy) is 12. The Bertz CT molecular complexity index is 2440. The third-order valence-electron chi connectivity index (χ3n) is 22.5. The van der Waals surface area contributed by atoms with Crippen LogP contribution in [0.4, 0.5) is 0 Å². The maximum Gasteiger partial charge on any atom is 0.311 e. The van der Waals surface area contributed by atoms with Crippen molar-refractivity contribution in [2.45, 2.75) is 264 Å². The van der Waals surface area contributed by atoms with Crippen molar-refractivity contribution in [1.82, 2.24) is 0 Å². The number of carbonyl (C=O) groups is 1. The molecule has 0 unspecified atom stereocenters. The molecule has 7 saturated heterocycles. The molecule has 33 atom stereocenters. The smallest absolute Gasteiger partial charge is 0.311 e. The van der Waals surface area contributed by atoms with Gasteiger partial charge in [0.25, 0.3) is 0 Å². The van der Waals surface area contributed by atoms with E-state index in [2.05, 4.69) is 20.8 Å². The van der Waals surface area contributed by atoms with E-state index in [1.54, 1.807) is 0 Å². The fourth-order valence-corrected chi connectivity index (χ4v) is 17.6. The highest BCUT2D eigenvalue weighted by Crippen LogP contribution is 2.72. The molecule has 11 aliphatic rings. The number of fused-ring (bicyclic) bond motifs is 5. The van der Waals surface area contributed by atoms with Crippen LogP contribution in [0.1, 0.15) is 98.8 Å². The molecule has 7 aliphatic heterocycles. The van der Waals surface area contributed by atoms with Crippen LogP contribution in [0, 0.1) is 39.9 Å². The molecule has 11 rings (SSSR count). The van der Waals surface area contributed by atoms with Gasteiger partial charge in [0.1, 0.15) is 110 Å². The molecule has 2 spiro atoms. The summed E-state index contributed by atoms with van der Waals surface area (Å²) in [6.07, 6.45) is -38.1. The number of carbonyl (C=O) groups excluding carboxylic acids is 1. The van der Waals surface area contributed by atoms with Gasteiger partial charge in [-0.15, -0.1) is 0 Å². The number of esters is 1. The normalized spacial score (nSPS) is 54.2. The van der Waals surface area contributed by atoms with E-state index in [-0.39, 0.29) is 41.5 Å². The number of allylic oxidation sites excluding steroid dienone is 2. The maximum absolute atomic E-state index is 12.7. The van der Waals surface area contributed by atoms with Crippen molar-refractivity contribution in [3.8, 4) is 0 Å². The number of hydrogen-bond acceptors (Lipinski definition) is 29. The predicted molar refractivity (Wildman–Crippen MR) is 286 cm³/mol. The quantitative estimate of drug-likeness (QED) is 0.0539. The standard InChI is InChI=1S/C58H92O29/c1-22-14-57(86-48(22)75)15-23(2)58(87-57)13-9-27-25-6-7-32-54(4,26(25)8-12-55(27,58)5)11-10-33(56(32,20-61)21-62)82-50-43(73)41(71)37(67)31(81-50)19-77-52-46(35(65)28(63)18-76-52)84-53-47(85-49-42(72)39(69)34(64)24(3)78-49)45(38(68)30(17-60)80-53)83-51-44(74)40(70)36(66)29(16-59)79-51/h22-24,27-47,49-53,59-74H,6-21H2,1-5H3/t22-,23-,24+,27+,28+,29-,30-,31-,32-,33+,34+,35+,36+,37-,38-,39-,40+,41+,42-,43-,44-,45+,46-,47-,49+,50+,51+,52+,53+,54-,55+,57+,58+/m1/s1. The lowest BCUT2D eigenvalue weighted by atomic mass is 9.45.